The van der Waals surface area contributed by atoms with Gasteiger partial charge in [-0.1, -0.05) is 29.8 Å². The summed E-state index contributed by atoms with van der Waals surface area (Å²) >= 11 is 0. The Labute approximate surface area is 145 Å². The molecule has 0 aliphatic rings. The minimum absolute atomic E-state index is 0.244. The molecule has 0 atom stereocenters. The zero-order chi connectivity index (χ0) is 17.6. The molecule has 0 amide bonds. The highest BCUT2D eigenvalue weighted by molar-refractivity contribution is 5.88. The molecule has 3 aromatic rings. The van der Waals surface area contributed by atoms with Crippen LogP contribution >= 0.6 is 0 Å². The van der Waals surface area contributed by atoms with Gasteiger partial charge < -0.3 is 15.7 Å². The molecule has 2 aromatic carbocycles. The van der Waals surface area contributed by atoms with Crippen molar-refractivity contribution in [2.24, 2.45) is 0 Å². The average Bonchev–Trinajstić information content (AvgIpc) is 2.61. The molecule has 1 heterocycles. The van der Waals surface area contributed by atoms with Crippen LogP contribution in [0.15, 0.2) is 60.9 Å². The molecule has 0 saturated heterocycles. The predicted octanol–water partition coefficient (Wildman–Crippen LogP) is 3.84. The second kappa shape index (κ2) is 7.44. The summed E-state index contributed by atoms with van der Waals surface area (Å²) in [6, 6.07) is 16.6. The van der Waals surface area contributed by atoms with E-state index >= 15 is 0 Å². The van der Waals surface area contributed by atoms with Crippen LogP contribution in [-0.2, 0) is 6.54 Å². The van der Waals surface area contributed by atoms with Crippen molar-refractivity contribution in [2.75, 3.05) is 10.6 Å². The molecule has 3 N–H and O–H groups in total. The van der Waals surface area contributed by atoms with Crippen LogP contribution in [0.25, 0.3) is 0 Å². The van der Waals surface area contributed by atoms with E-state index < -0.39 is 5.97 Å². The highest BCUT2D eigenvalue weighted by Crippen LogP contribution is 2.17. The molecule has 25 heavy (non-hydrogen) atoms. The Morgan fingerprint density at radius 1 is 1.04 bits per heavy atom. The van der Waals surface area contributed by atoms with Crippen molar-refractivity contribution in [1.82, 2.24) is 9.97 Å². The van der Waals surface area contributed by atoms with Crippen molar-refractivity contribution in [2.45, 2.75) is 13.5 Å². The first kappa shape index (κ1) is 16.4. The molecule has 0 spiro atoms. The molecule has 0 saturated carbocycles. The predicted molar refractivity (Wildman–Crippen MR) is 97.2 cm³/mol. The molecule has 0 radical (unpaired) electrons. The average molecular weight is 334 g/mol. The number of nitrogens with zero attached hydrogens (tertiary/aromatic N) is 2. The zero-order valence-corrected chi connectivity index (χ0v) is 13.7. The normalized spacial score (nSPS) is 10.3. The van der Waals surface area contributed by atoms with Crippen LogP contribution in [0, 0.1) is 6.92 Å². The molecule has 0 fully saturated rings. The third-order valence-electron chi connectivity index (χ3n) is 3.63. The molecule has 0 aliphatic carbocycles. The number of carboxylic acid groups (broad SMARTS) is 1. The van der Waals surface area contributed by atoms with Gasteiger partial charge in [-0.15, -0.1) is 0 Å². The van der Waals surface area contributed by atoms with Crippen molar-refractivity contribution in [3.8, 4) is 0 Å². The first-order valence-corrected chi connectivity index (χ1v) is 7.82. The third-order valence-corrected chi connectivity index (χ3v) is 3.63. The van der Waals surface area contributed by atoms with Gasteiger partial charge in [0.1, 0.15) is 18.0 Å². The number of aryl methyl sites for hydroxylation is 1. The van der Waals surface area contributed by atoms with E-state index in [0.29, 0.717) is 18.2 Å². The van der Waals surface area contributed by atoms with Crippen molar-refractivity contribution in [3.63, 3.8) is 0 Å². The van der Waals surface area contributed by atoms with Crippen LogP contribution in [0.5, 0.6) is 0 Å². The fourth-order valence-corrected chi connectivity index (χ4v) is 2.38. The summed E-state index contributed by atoms with van der Waals surface area (Å²) in [5.74, 6) is 0.391. The fourth-order valence-electron chi connectivity index (χ4n) is 2.38. The summed E-state index contributed by atoms with van der Waals surface area (Å²) in [7, 11) is 0. The molecule has 3 rings (SSSR count). The van der Waals surface area contributed by atoms with E-state index in [4.69, 9.17) is 5.11 Å². The number of nitrogens with one attached hydrogen (secondary N) is 2. The number of aromatic carboxylic acids is 1. The second-order valence-electron chi connectivity index (χ2n) is 5.64. The van der Waals surface area contributed by atoms with Crippen LogP contribution in [0.3, 0.4) is 0 Å². The maximum atomic E-state index is 10.9. The Kier molecular flexibility index (Phi) is 4.89. The van der Waals surface area contributed by atoms with Crippen molar-refractivity contribution in [3.05, 3.63) is 77.6 Å². The number of hydrogen-bond acceptors (Lipinski definition) is 5. The Morgan fingerprint density at radius 2 is 1.80 bits per heavy atom. The van der Waals surface area contributed by atoms with Crippen LogP contribution in [-0.4, -0.2) is 21.0 Å². The first-order chi connectivity index (χ1) is 12.1. The maximum absolute atomic E-state index is 10.9. The Hall–Kier alpha value is -3.41. The number of aromatic nitrogens is 2. The van der Waals surface area contributed by atoms with E-state index in [1.165, 1.54) is 17.5 Å². The lowest BCUT2D eigenvalue weighted by Crippen LogP contribution is -2.03. The number of benzene rings is 2. The van der Waals surface area contributed by atoms with Crippen LogP contribution in [0.4, 0.5) is 17.3 Å². The van der Waals surface area contributed by atoms with E-state index in [0.717, 1.165) is 5.69 Å². The lowest BCUT2D eigenvalue weighted by atomic mass is 10.1. The molecule has 126 valence electrons. The van der Waals surface area contributed by atoms with E-state index in [1.54, 1.807) is 30.3 Å². The zero-order valence-electron chi connectivity index (χ0n) is 13.7. The number of hydrogen-bond donors (Lipinski definition) is 3. The molecular formula is C19H18N4O2. The van der Waals surface area contributed by atoms with Gasteiger partial charge in [0.25, 0.3) is 0 Å². The van der Waals surface area contributed by atoms with Gasteiger partial charge >= 0.3 is 5.97 Å². The van der Waals surface area contributed by atoms with Gasteiger partial charge in [0.2, 0.25) is 0 Å². The standard InChI is InChI=1S/C19H18N4O2/c1-13-3-2-4-14(9-13)11-20-17-10-18(22-12-21-17)23-16-7-5-15(6-8-16)19(24)25/h2-10,12H,11H2,1H3,(H,24,25)(H2,20,21,22,23). The molecule has 6 heteroatoms. The lowest BCUT2D eigenvalue weighted by molar-refractivity contribution is 0.0697. The summed E-state index contributed by atoms with van der Waals surface area (Å²) in [6.07, 6.45) is 1.48. The van der Waals surface area contributed by atoms with Gasteiger partial charge in [0, 0.05) is 18.3 Å². The summed E-state index contributed by atoms with van der Waals surface area (Å²) in [4.78, 5) is 19.3. The molecule has 1 aromatic heterocycles. The summed E-state index contributed by atoms with van der Waals surface area (Å²) < 4.78 is 0. The Bertz CT molecular complexity index is 879. The molecule has 6 nitrogen and oxygen atoms in total. The van der Waals surface area contributed by atoms with Crippen molar-refractivity contribution in [1.29, 1.82) is 0 Å². The van der Waals surface area contributed by atoms with E-state index in [-0.39, 0.29) is 5.56 Å². The summed E-state index contributed by atoms with van der Waals surface area (Å²) in [6.45, 7) is 2.73. The summed E-state index contributed by atoms with van der Waals surface area (Å²) in [5, 5.41) is 15.3. The molecule has 0 aliphatic heterocycles. The Balaban J connectivity index is 1.65. The van der Waals surface area contributed by atoms with Gasteiger partial charge in [0.15, 0.2) is 0 Å². The first-order valence-electron chi connectivity index (χ1n) is 7.82. The van der Waals surface area contributed by atoms with Gasteiger partial charge in [-0.3, -0.25) is 0 Å². The molecule has 0 bridgehead atoms. The smallest absolute Gasteiger partial charge is 0.335 e. The van der Waals surface area contributed by atoms with Crippen LogP contribution in [0.1, 0.15) is 21.5 Å². The van der Waals surface area contributed by atoms with E-state index in [9.17, 15) is 4.79 Å². The van der Waals surface area contributed by atoms with Crippen LogP contribution in [0.2, 0.25) is 0 Å². The van der Waals surface area contributed by atoms with Gasteiger partial charge in [-0.05, 0) is 36.8 Å². The molecular weight excluding hydrogens is 316 g/mol. The number of carbonyl (C=O) groups is 1. The minimum Gasteiger partial charge on any atom is -0.478 e. The van der Waals surface area contributed by atoms with E-state index in [1.807, 2.05) is 6.07 Å². The van der Waals surface area contributed by atoms with Crippen molar-refractivity contribution < 1.29 is 9.90 Å². The fraction of sp³-hybridized carbons (Fsp3) is 0.105. The topological polar surface area (TPSA) is 87.1 Å². The Morgan fingerprint density at radius 3 is 2.52 bits per heavy atom. The van der Waals surface area contributed by atoms with Crippen LogP contribution < -0.4 is 10.6 Å². The highest BCUT2D eigenvalue weighted by Gasteiger charge is 2.03. The molecule has 0 unspecified atom stereocenters. The largest absolute Gasteiger partial charge is 0.478 e. The van der Waals surface area contributed by atoms with Gasteiger partial charge in [0.05, 0.1) is 5.56 Å². The van der Waals surface area contributed by atoms with E-state index in [2.05, 4.69) is 45.7 Å². The number of rotatable bonds is 6. The minimum atomic E-state index is -0.948. The number of carboxylic acids is 1. The number of anilines is 3. The lowest BCUT2D eigenvalue weighted by Gasteiger charge is -2.09. The van der Waals surface area contributed by atoms with Crippen molar-refractivity contribution >= 4 is 23.3 Å². The highest BCUT2D eigenvalue weighted by atomic mass is 16.4. The second-order valence-corrected chi connectivity index (χ2v) is 5.64. The quantitative estimate of drug-likeness (QED) is 0.635. The monoisotopic (exact) mass is 334 g/mol. The maximum Gasteiger partial charge on any atom is 0.335 e. The van der Waals surface area contributed by atoms with Gasteiger partial charge in [-0.25, -0.2) is 14.8 Å². The third kappa shape index (κ3) is 4.54. The SMILES string of the molecule is Cc1cccc(CNc2cc(Nc3ccc(C(=O)O)cc3)ncn2)c1. The summed E-state index contributed by atoms with van der Waals surface area (Å²) in [5.41, 5.74) is 3.40. The van der Waals surface area contributed by atoms with Gasteiger partial charge in [-0.2, -0.15) is 0 Å².